The number of rotatable bonds is 6. The molecule has 0 spiro atoms. The Bertz CT molecular complexity index is 232. The zero-order valence-corrected chi connectivity index (χ0v) is 11.7. The first-order chi connectivity index (χ1) is 7.57. The van der Waals surface area contributed by atoms with Crippen LogP contribution in [0, 0.1) is 5.92 Å². The molecule has 1 aliphatic heterocycles. The summed E-state index contributed by atoms with van der Waals surface area (Å²) < 4.78 is 5.10. The van der Waals surface area contributed by atoms with Crippen LogP contribution in [0.1, 0.15) is 46.0 Å². The van der Waals surface area contributed by atoms with E-state index in [1.807, 2.05) is 6.92 Å². The van der Waals surface area contributed by atoms with E-state index in [-0.39, 0.29) is 22.8 Å². The van der Waals surface area contributed by atoms with Crippen molar-refractivity contribution < 1.29 is 14.6 Å². The summed E-state index contributed by atoms with van der Waals surface area (Å²) in [5.74, 6) is -0.615. The predicted molar refractivity (Wildman–Crippen MR) is 63.3 cm³/mol. The van der Waals surface area contributed by atoms with Crippen LogP contribution in [-0.4, -0.2) is 39.3 Å². The first-order valence-corrected chi connectivity index (χ1v) is 7.11. The van der Waals surface area contributed by atoms with Crippen LogP contribution in [0.3, 0.4) is 0 Å². The van der Waals surface area contributed by atoms with Crippen molar-refractivity contribution in [3.8, 4) is 0 Å². The second-order valence-electron chi connectivity index (χ2n) is 4.55. The van der Waals surface area contributed by atoms with Crippen LogP contribution >= 0.6 is 0 Å². The second-order valence-corrected chi connectivity index (χ2v) is 5.69. The zero-order chi connectivity index (χ0) is 12.1. The Morgan fingerprint density at radius 3 is 2.62 bits per heavy atom. The van der Waals surface area contributed by atoms with Crippen molar-refractivity contribution in [3.63, 3.8) is 0 Å². The summed E-state index contributed by atoms with van der Waals surface area (Å²) in [7, 11) is 0. The third-order valence-corrected chi connectivity index (χ3v) is 4.58. The molecule has 3 nitrogen and oxygen atoms in total. The molecule has 16 heavy (non-hydrogen) atoms. The Hall–Kier alpha value is -0.0505. The van der Waals surface area contributed by atoms with E-state index in [0.29, 0.717) is 6.42 Å². The van der Waals surface area contributed by atoms with Crippen molar-refractivity contribution in [2.75, 3.05) is 0 Å². The summed E-state index contributed by atoms with van der Waals surface area (Å²) in [5.41, 5.74) is 0. The Balaban J connectivity index is 2.35. The number of carbonyl (C=O) groups excluding carboxylic acids is 1. The fourth-order valence-corrected chi connectivity index (χ4v) is 2.82. The fourth-order valence-electron chi connectivity index (χ4n) is 2.09. The van der Waals surface area contributed by atoms with Crippen molar-refractivity contribution in [1.29, 1.82) is 0 Å². The number of hydrogen-bond donors (Lipinski definition) is 1. The molecule has 1 saturated heterocycles. The Morgan fingerprint density at radius 1 is 1.44 bits per heavy atom. The molecule has 0 aromatic heterocycles. The number of esters is 1. The zero-order valence-electron chi connectivity index (χ0n) is 10.0. The molecule has 1 heterocycles. The molecule has 4 heteroatoms. The molecule has 0 amide bonds. The molecule has 1 rings (SSSR count). The molecule has 1 N–H and O–H groups in total. The summed E-state index contributed by atoms with van der Waals surface area (Å²) >= 11 is 2.95. The van der Waals surface area contributed by atoms with Crippen LogP contribution in [0.25, 0.3) is 0 Å². The molecular formula is C12H21O3Se. The molecule has 0 bridgehead atoms. The van der Waals surface area contributed by atoms with Crippen LogP contribution in [0.4, 0.5) is 0 Å². The second kappa shape index (κ2) is 6.63. The van der Waals surface area contributed by atoms with E-state index < -0.39 is 6.10 Å². The number of unbranched alkanes of at least 4 members (excludes halogenated alkanes) is 3. The van der Waals surface area contributed by atoms with Gasteiger partial charge in [-0.05, 0) is 0 Å². The van der Waals surface area contributed by atoms with E-state index in [0.717, 1.165) is 12.8 Å². The molecule has 1 radical (unpaired) electrons. The van der Waals surface area contributed by atoms with Crippen LogP contribution in [0.5, 0.6) is 0 Å². The van der Waals surface area contributed by atoms with Gasteiger partial charge in [0.1, 0.15) is 0 Å². The monoisotopic (exact) mass is 293 g/mol. The number of hydrogen-bond acceptors (Lipinski definition) is 3. The van der Waals surface area contributed by atoms with E-state index in [1.54, 1.807) is 0 Å². The molecule has 0 saturated carbocycles. The van der Waals surface area contributed by atoms with Crippen LogP contribution < -0.4 is 0 Å². The predicted octanol–water partition coefficient (Wildman–Crippen LogP) is 1.84. The summed E-state index contributed by atoms with van der Waals surface area (Å²) in [5, 5.41) is 9.99. The third kappa shape index (κ3) is 3.47. The fraction of sp³-hybridized carbons (Fsp3) is 0.917. The average molecular weight is 292 g/mol. The summed E-state index contributed by atoms with van der Waals surface area (Å²) in [6, 6.07) is 0. The molecule has 4 atom stereocenters. The third-order valence-electron chi connectivity index (χ3n) is 3.16. The van der Waals surface area contributed by atoms with E-state index >= 15 is 0 Å². The van der Waals surface area contributed by atoms with Gasteiger partial charge in [0.2, 0.25) is 0 Å². The van der Waals surface area contributed by atoms with Gasteiger partial charge in [-0.2, -0.15) is 0 Å². The maximum atomic E-state index is 11.5. The summed E-state index contributed by atoms with van der Waals surface area (Å²) in [6.45, 7) is 4.02. The van der Waals surface area contributed by atoms with E-state index in [4.69, 9.17) is 4.74 Å². The van der Waals surface area contributed by atoms with Crippen LogP contribution in [0.15, 0.2) is 0 Å². The SMILES string of the molecule is CCCCCCC(O)C1C(=O)OC(C)C1[Se]. The maximum absolute atomic E-state index is 11.5. The van der Waals surface area contributed by atoms with Gasteiger partial charge in [-0.15, -0.1) is 0 Å². The van der Waals surface area contributed by atoms with Crippen LogP contribution in [0.2, 0.25) is 4.82 Å². The minimum absolute atomic E-state index is 0.00803. The minimum atomic E-state index is -0.555. The van der Waals surface area contributed by atoms with Gasteiger partial charge in [-0.1, -0.05) is 0 Å². The van der Waals surface area contributed by atoms with Gasteiger partial charge < -0.3 is 0 Å². The standard InChI is InChI=1S/C12H21O3Se/c1-3-4-5-6-7-9(13)10-11(16)8(2)15-12(10)14/h8-11,13H,3-7H2,1-2H3. The number of cyclic esters (lactones) is 1. The van der Waals surface area contributed by atoms with Gasteiger partial charge in [-0.3, -0.25) is 0 Å². The Labute approximate surface area is 106 Å². The number of ether oxygens (including phenoxy) is 1. The molecule has 1 aliphatic rings. The van der Waals surface area contributed by atoms with E-state index in [2.05, 4.69) is 22.9 Å². The Morgan fingerprint density at radius 2 is 2.12 bits per heavy atom. The van der Waals surface area contributed by atoms with E-state index in [1.165, 1.54) is 12.8 Å². The van der Waals surface area contributed by atoms with Gasteiger partial charge in [-0.25, -0.2) is 0 Å². The molecule has 4 unspecified atom stereocenters. The molecule has 1 fully saturated rings. The van der Waals surface area contributed by atoms with Crippen molar-refractivity contribution in [1.82, 2.24) is 0 Å². The van der Waals surface area contributed by atoms with Crippen molar-refractivity contribution in [2.24, 2.45) is 5.92 Å². The van der Waals surface area contributed by atoms with Gasteiger partial charge in [0.25, 0.3) is 0 Å². The number of aliphatic hydroxyl groups excluding tert-OH is 1. The van der Waals surface area contributed by atoms with Crippen molar-refractivity contribution >= 4 is 22.0 Å². The first kappa shape index (κ1) is 14.0. The normalized spacial score (nSPS) is 31.5. The van der Waals surface area contributed by atoms with Crippen LogP contribution in [-0.2, 0) is 9.53 Å². The molecule has 0 aromatic carbocycles. The molecule has 0 aliphatic carbocycles. The van der Waals surface area contributed by atoms with Crippen molar-refractivity contribution in [2.45, 2.75) is 63.0 Å². The number of carbonyl (C=O) groups is 1. The Kier molecular flexibility index (Phi) is 5.80. The van der Waals surface area contributed by atoms with E-state index in [9.17, 15) is 9.90 Å². The van der Waals surface area contributed by atoms with Gasteiger partial charge in [0, 0.05) is 0 Å². The van der Waals surface area contributed by atoms with Gasteiger partial charge in [0.05, 0.1) is 0 Å². The number of aliphatic hydroxyl groups is 1. The van der Waals surface area contributed by atoms with Gasteiger partial charge >= 0.3 is 106 Å². The first-order valence-electron chi connectivity index (χ1n) is 6.12. The quantitative estimate of drug-likeness (QED) is 0.461. The average Bonchev–Trinajstić information content (AvgIpc) is 2.48. The summed E-state index contributed by atoms with van der Waals surface area (Å²) in [6.07, 6.45) is 4.53. The molecular weight excluding hydrogens is 271 g/mol. The van der Waals surface area contributed by atoms with Gasteiger partial charge in [0.15, 0.2) is 0 Å². The van der Waals surface area contributed by atoms with Crippen molar-refractivity contribution in [3.05, 3.63) is 0 Å². The summed E-state index contributed by atoms with van der Waals surface area (Å²) in [4.78, 5) is 11.5. The topological polar surface area (TPSA) is 46.5 Å². The molecule has 93 valence electrons. The molecule has 0 aromatic rings.